The lowest BCUT2D eigenvalue weighted by atomic mass is 9.77. The standard InChI is InChI=1S/C26H27FN4O3/c1-17-3-5-21(22(27)13-17)24(32)30-10-7-26(8-11-30)9-12-31(25(26)33)19-4-6-20(23(14-19)34-2)18-15-28-29-16-18/h3-6,13-16H,7-12H2,1-2H3,(H,28,29). The third kappa shape index (κ3) is 3.73. The zero-order valence-corrected chi connectivity index (χ0v) is 19.3. The average Bonchev–Trinajstić information content (AvgIpc) is 3.48. The van der Waals surface area contributed by atoms with Crippen LogP contribution >= 0.6 is 0 Å². The van der Waals surface area contributed by atoms with Crippen molar-refractivity contribution in [1.82, 2.24) is 15.1 Å². The van der Waals surface area contributed by atoms with Crippen LogP contribution in [0.2, 0.25) is 0 Å². The molecule has 2 aromatic carbocycles. The van der Waals surface area contributed by atoms with Gasteiger partial charge in [-0.05, 0) is 56.0 Å². The number of H-pyrrole nitrogens is 1. The maximum atomic E-state index is 14.3. The van der Waals surface area contributed by atoms with E-state index in [2.05, 4.69) is 10.2 Å². The zero-order chi connectivity index (χ0) is 23.9. The summed E-state index contributed by atoms with van der Waals surface area (Å²) in [6.45, 7) is 3.29. The predicted molar refractivity (Wildman–Crippen MR) is 126 cm³/mol. The van der Waals surface area contributed by atoms with E-state index in [9.17, 15) is 14.0 Å². The molecule has 2 aliphatic rings. The van der Waals surface area contributed by atoms with Gasteiger partial charge in [0.25, 0.3) is 5.91 Å². The lowest BCUT2D eigenvalue weighted by molar-refractivity contribution is -0.127. The molecule has 7 nitrogen and oxygen atoms in total. The molecular formula is C26H27FN4O3. The largest absolute Gasteiger partial charge is 0.496 e. The number of nitrogens with one attached hydrogen (secondary N) is 1. The number of carbonyl (C=O) groups excluding carboxylic acids is 2. The van der Waals surface area contributed by atoms with Crippen LogP contribution in [0.1, 0.15) is 35.2 Å². The Morgan fingerprint density at radius 3 is 2.56 bits per heavy atom. The summed E-state index contributed by atoms with van der Waals surface area (Å²) in [6.07, 6.45) is 5.41. The van der Waals surface area contributed by atoms with Gasteiger partial charge in [0.1, 0.15) is 11.6 Å². The van der Waals surface area contributed by atoms with Crippen molar-refractivity contribution < 1.29 is 18.7 Å². The van der Waals surface area contributed by atoms with E-state index in [1.165, 1.54) is 6.07 Å². The first-order valence-corrected chi connectivity index (χ1v) is 11.5. The summed E-state index contributed by atoms with van der Waals surface area (Å²) in [7, 11) is 1.61. The monoisotopic (exact) mass is 462 g/mol. The van der Waals surface area contributed by atoms with Gasteiger partial charge >= 0.3 is 0 Å². The molecule has 0 aliphatic carbocycles. The van der Waals surface area contributed by atoms with Crippen LogP contribution in [0.4, 0.5) is 10.1 Å². The molecule has 1 N–H and O–H groups in total. The number of aromatic amines is 1. The minimum atomic E-state index is -0.499. The van der Waals surface area contributed by atoms with Crippen molar-refractivity contribution in [3.8, 4) is 16.9 Å². The Morgan fingerprint density at radius 2 is 1.88 bits per heavy atom. The molecule has 1 spiro atoms. The van der Waals surface area contributed by atoms with E-state index in [0.29, 0.717) is 38.2 Å². The quantitative estimate of drug-likeness (QED) is 0.631. The molecule has 2 aliphatic heterocycles. The Bertz CT molecular complexity index is 1230. The van der Waals surface area contributed by atoms with Crippen molar-refractivity contribution in [1.29, 1.82) is 0 Å². The molecule has 2 amide bonds. The van der Waals surface area contributed by atoms with Gasteiger partial charge in [0.05, 0.1) is 24.3 Å². The van der Waals surface area contributed by atoms with Crippen LogP contribution in [-0.4, -0.2) is 53.7 Å². The van der Waals surface area contributed by atoms with Gasteiger partial charge in [0.15, 0.2) is 0 Å². The van der Waals surface area contributed by atoms with Gasteiger partial charge in [-0.15, -0.1) is 0 Å². The molecule has 0 radical (unpaired) electrons. The highest BCUT2D eigenvalue weighted by molar-refractivity contribution is 6.01. The first-order valence-electron chi connectivity index (χ1n) is 11.5. The van der Waals surface area contributed by atoms with Gasteiger partial charge in [-0.3, -0.25) is 14.7 Å². The fourth-order valence-corrected chi connectivity index (χ4v) is 5.12. The van der Waals surface area contributed by atoms with Crippen molar-refractivity contribution in [2.75, 3.05) is 31.6 Å². The molecule has 0 bridgehead atoms. The van der Waals surface area contributed by atoms with E-state index in [0.717, 1.165) is 28.8 Å². The van der Waals surface area contributed by atoms with E-state index in [-0.39, 0.29) is 17.4 Å². The molecule has 1 aromatic heterocycles. The van der Waals surface area contributed by atoms with Crippen molar-refractivity contribution in [3.63, 3.8) is 0 Å². The number of halogens is 1. The van der Waals surface area contributed by atoms with Crippen LogP contribution in [0.3, 0.4) is 0 Å². The van der Waals surface area contributed by atoms with Gasteiger partial charge < -0.3 is 14.5 Å². The van der Waals surface area contributed by atoms with Crippen LogP contribution in [0.25, 0.3) is 11.1 Å². The molecule has 176 valence electrons. The molecule has 8 heteroatoms. The molecule has 3 aromatic rings. The number of aryl methyl sites for hydroxylation is 1. The molecule has 34 heavy (non-hydrogen) atoms. The number of piperidine rings is 1. The number of aromatic nitrogens is 2. The highest BCUT2D eigenvalue weighted by Crippen LogP contribution is 2.44. The fourth-order valence-electron chi connectivity index (χ4n) is 5.12. The topological polar surface area (TPSA) is 78.5 Å². The Hall–Kier alpha value is -3.68. The number of ether oxygens (including phenoxy) is 1. The summed E-state index contributed by atoms with van der Waals surface area (Å²) in [5, 5.41) is 6.80. The van der Waals surface area contributed by atoms with E-state index in [1.54, 1.807) is 43.5 Å². The van der Waals surface area contributed by atoms with Crippen LogP contribution in [0, 0.1) is 18.2 Å². The number of methoxy groups -OCH3 is 1. The SMILES string of the molecule is COc1cc(N2CCC3(CCN(C(=O)c4ccc(C)cc4F)CC3)C2=O)ccc1-c1cn[nH]c1. The lowest BCUT2D eigenvalue weighted by Crippen LogP contribution is -2.46. The zero-order valence-electron chi connectivity index (χ0n) is 19.3. The molecule has 0 atom stereocenters. The summed E-state index contributed by atoms with van der Waals surface area (Å²) < 4.78 is 19.9. The molecule has 2 saturated heterocycles. The second kappa shape index (κ2) is 8.59. The van der Waals surface area contributed by atoms with Crippen molar-refractivity contribution in [2.24, 2.45) is 5.41 Å². The molecule has 2 fully saturated rings. The minimum absolute atomic E-state index is 0.0826. The smallest absolute Gasteiger partial charge is 0.256 e. The number of hydrogen-bond donors (Lipinski definition) is 1. The number of likely N-dealkylation sites (tertiary alicyclic amines) is 1. The number of rotatable bonds is 4. The number of amides is 2. The van der Waals surface area contributed by atoms with Crippen LogP contribution in [-0.2, 0) is 4.79 Å². The van der Waals surface area contributed by atoms with E-state index in [4.69, 9.17) is 4.74 Å². The van der Waals surface area contributed by atoms with Gasteiger partial charge in [-0.25, -0.2) is 4.39 Å². The van der Waals surface area contributed by atoms with Gasteiger partial charge in [-0.2, -0.15) is 5.10 Å². The minimum Gasteiger partial charge on any atom is -0.496 e. The molecule has 3 heterocycles. The number of anilines is 1. The number of carbonyl (C=O) groups is 2. The Balaban J connectivity index is 1.30. The van der Waals surface area contributed by atoms with Crippen LogP contribution in [0.5, 0.6) is 5.75 Å². The lowest BCUT2D eigenvalue weighted by Gasteiger charge is -2.38. The second-order valence-electron chi connectivity index (χ2n) is 9.13. The maximum absolute atomic E-state index is 14.3. The van der Waals surface area contributed by atoms with Gasteiger partial charge in [0, 0.05) is 48.7 Å². The normalized spacial score (nSPS) is 17.4. The van der Waals surface area contributed by atoms with Crippen LogP contribution < -0.4 is 9.64 Å². The summed E-state index contributed by atoms with van der Waals surface area (Å²) in [5.41, 5.74) is 2.99. The summed E-state index contributed by atoms with van der Waals surface area (Å²) >= 11 is 0. The average molecular weight is 463 g/mol. The molecular weight excluding hydrogens is 435 g/mol. The van der Waals surface area contributed by atoms with Crippen LogP contribution in [0.15, 0.2) is 48.8 Å². The Morgan fingerprint density at radius 1 is 1.12 bits per heavy atom. The van der Waals surface area contributed by atoms with E-state index in [1.807, 2.05) is 23.1 Å². The number of nitrogens with zero attached hydrogens (tertiary/aromatic N) is 3. The maximum Gasteiger partial charge on any atom is 0.256 e. The highest BCUT2D eigenvalue weighted by atomic mass is 19.1. The molecule has 0 saturated carbocycles. The first kappa shape index (κ1) is 22.1. The van der Waals surface area contributed by atoms with E-state index < -0.39 is 11.2 Å². The van der Waals surface area contributed by atoms with Crippen molar-refractivity contribution in [3.05, 3.63) is 65.7 Å². The Kier molecular flexibility index (Phi) is 5.59. The first-order chi connectivity index (χ1) is 16.4. The summed E-state index contributed by atoms with van der Waals surface area (Å²) in [4.78, 5) is 29.9. The predicted octanol–water partition coefficient (Wildman–Crippen LogP) is 4.19. The van der Waals surface area contributed by atoms with Gasteiger partial charge in [-0.1, -0.05) is 6.07 Å². The second-order valence-corrected chi connectivity index (χ2v) is 9.13. The third-order valence-electron chi connectivity index (χ3n) is 7.18. The van der Waals surface area contributed by atoms with Crippen molar-refractivity contribution >= 4 is 17.5 Å². The summed E-state index contributed by atoms with van der Waals surface area (Å²) in [5.74, 6) is -0.0529. The number of hydrogen-bond acceptors (Lipinski definition) is 4. The fraction of sp³-hybridized carbons (Fsp3) is 0.346. The molecule has 0 unspecified atom stereocenters. The van der Waals surface area contributed by atoms with Crippen molar-refractivity contribution in [2.45, 2.75) is 26.2 Å². The van der Waals surface area contributed by atoms with Gasteiger partial charge in [0.2, 0.25) is 5.91 Å². The third-order valence-corrected chi connectivity index (χ3v) is 7.18. The summed E-state index contributed by atoms with van der Waals surface area (Å²) in [6, 6.07) is 10.4. The highest BCUT2D eigenvalue weighted by Gasteiger charge is 2.49. The number of benzene rings is 2. The van der Waals surface area contributed by atoms with E-state index >= 15 is 0 Å². The Labute approximate surface area is 197 Å². The molecule has 5 rings (SSSR count).